The lowest BCUT2D eigenvalue weighted by molar-refractivity contribution is -0.434. The van der Waals surface area contributed by atoms with Crippen LogP contribution in [0.25, 0.3) is 0 Å². The van der Waals surface area contributed by atoms with Gasteiger partial charge >= 0.3 is 0 Å². The maximum atomic E-state index is 4.31. The van der Waals surface area contributed by atoms with Gasteiger partial charge in [-0.1, -0.05) is 6.58 Å². The van der Waals surface area contributed by atoms with E-state index in [4.69, 9.17) is 0 Å². The standard InChI is InChI=1S/C4H5NS/c1-2-3-5-4-6/h2H,1,3H2/p+1. The van der Waals surface area contributed by atoms with Crippen molar-refractivity contribution in [2.75, 3.05) is 6.54 Å². The van der Waals surface area contributed by atoms with Crippen LogP contribution in [0.1, 0.15) is 0 Å². The summed E-state index contributed by atoms with van der Waals surface area (Å²) < 4.78 is 0. The summed E-state index contributed by atoms with van der Waals surface area (Å²) in [5, 5.41) is 2.33. The molecule has 0 aromatic carbocycles. The number of hydrogen-bond donors (Lipinski definition) is 1. The lowest BCUT2D eigenvalue weighted by Crippen LogP contribution is -2.66. The fourth-order valence-electron chi connectivity index (χ4n) is 0.114. The molecule has 0 amide bonds. The molecule has 6 heavy (non-hydrogen) atoms. The number of nitrogens with one attached hydrogen (secondary N) is 1. The Morgan fingerprint density at radius 3 is 2.83 bits per heavy atom. The van der Waals surface area contributed by atoms with Gasteiger partial charge in [-0.25, -0.2) is 0 Å². The van der Waals surface area contributed by atoms with E-state index in [2.05, 4.69) is 29.0 Å². The second-order valence-corrected chi connectivity index (χ2v) is 0.976. The fraction of sp³-hybridized carbons (Fsp3) is 0.250. The molecule has 1 N–H and O–H groups in total. The van der Waals surface area contributed by atoms with Crippen LogP contribution >= 0.6 is 12.2 Å². The minimum atomic E-state index is 0.712. The average Bonchev–Trinajstić information content (AvgIpc) is 1.61. The second-order valence-electron chi connectivity index (χ2n) is 0.772. The molecular weight excluding hydrogens is 94.1 g/mol. The van der Waals surface area contributed by atoms with Crippen molar-refractivity contribution in [1.82, 2.24) is 0 Å². The van der Waals surface area contributed by atoms with Crippen LogP contribution in [0.3, 0.4) is 0 Å². The van der Waals surface area contributed by atoms with E-state index in [0.29, 0.717) is 6.54 Å². The molecule has 0 heterocycles. The lowest BCUT2D eigenvalue weighted by atomic mass is 10.7. The summed E-state index contributed by atoms with van der Waals surface area (Å²) in [6, 6.07) is 0. The van der Waals surface area contributed by atoms with Crippen molar-refractivity contribution in [3.05, 3.63) is 12.7 Å². The molecule has 0 atom stereocenters. The van der Waals surface area contributed by atoms with E-state index in [1.807, 2.05) is 0 Å². The van der Waals surface area contributed by atoms with E-state index >= 15 is 0 Å². The molecule has 0 saturated carbocycles. The van der Waals surface area contributed by atoms with Crippen molar-refractivity contribution >= 4 is 17.4 Å². The highest BCUT2D eigenvalue weighted by Crippen LogP contribution is 1.38. The van der Waals surface area contributed by atoms with E-state index < -0.39 is 0 Å². The molecule has 0 saturated heterocycles. The third-order valence-corrected chi connectivity index (χ3v) is 0.463. The molecule has 0 radical (unpaired) electrons. The first-order valence-corrected chi connectivity index (χ1v) is 2.03. The van der Waals surface area contributed by atoms with Gasteiger partial charge in [0.05, 0.1) is 0 Å². The predicted molar refractivity (Wildman–Crippen MR) is 28.6 cm³/mol. The van der Waals surface area contributed by atoms with Crippen molar-refractivity contribution < 1.29 is 4.99 Å². The maximum absolute atomic E-state index is 4.31. The summed E-state index contributed by atoms with van der Waals surface area (Å²) in [6.45, 7) is 4.16. The zero-order chi connectivity index (χ0) is 4.83. The van der Waals surface area contributed by atoms with Crippen LogP contribution in [0.4, 0.5) is 0 Å². The van der Waals surface area contributed by atoms with Gasteiger partial charge < -0.3 is 0 Å². The van der Waals surface area contributed by atoms with Gasteiger partial charge in [-0.3, -0.25) is 0 Å². The van der Waals surface area contributed by atoms with Crippen LogP contribution in [-0.4, -0.2) is 11.7 Å². The smallest absolute Gasteiger partial charge is 0.188 e. The maximum Gasteiger partial charge on any atom is 0.247 e. The lowest BCUT2D eigenvalue weighted by Gasteiger charge is -1.58. The van der Waals surface area contributed by atoms with Crippen LogP contribution in [0, 0.1) is 0 Å². The minimum absolute atomic E-state index is 0.712. The van der Waals surface area contributed by atoms with Crippen molar-refractivity contribution in [2.45, 2.75) is 0 Å². The van der Waals surface area contributed by atoms with Crippen LogP contribution < -0.4 is 4.99 Å². The number of thiocarbonyl (C=S) groups is 1. The molecular formula is C4H6NS+. The van der Waals surface area contributed by atoms with Gasteiger partial charge in [-0.2, -0.15) is 4.99 Å². The highest BCUT2D eigenvalue weighted by Gasteiger charge is 1.64. The predicted octanol–water partition coefficient (Wildman–Crippen LogP) is -0.644. The van der Waals surface area contributed by atoms with Crippen molar-refractivity contribution in [1.29, 1.82) is 0 Å². The third-order valence-electron chi connectivity index (χ3n) is 0.319. The Balaban J connectivity index is 3.07. The Kier molecular flexibility index (Phi) is 4.19. The van der Waals surface area contributed by atoms with Crippen molar-refractivity contribution in [2.24, 2.45) is 0 Å². The molecule has 0 unspecified atom stereocenters. The summed E-state index contributed by atoms with van der Waals surface area (Å²) in [5.74, 6) is 0. The monoisotopic (exact) mass is 100 g/mol. The fourth-order valence-corrected chi connectivity index (χ4v) is 0.197. The molecule has 0 aliphatic carbocycles. The first kappa shape index (κ1) is 5.54. The van der Waals surface area contributed by atoms with Crippen LogP contribution in [0.15, 0.2) is 12.7 Å². The summed E-state index contributed by atoms with van der Waals surface area (Å²) >= 11 is 4.31. The molecule has 1 nitrogen and oxygen atoms in total. The summed E-state index contributed by atoms with van der Waals surface area (Å²) in [4.78, 5) is 2.64. The van der Waals surface area contributed by atoms with Gasteiger partial charge in [-0.05, 0) is 6.08 Å². The van der Waals surface area contributed by atoms with Gasteiger partial charge in [0.2, 0.25) is 5.16 Å². The number of hydrogen-bond acceptors (Lipinski definition) is 1. The van der Waals surface area contributed by atoms with Crippen LogP contribution in [-0.2, 0) is 0 Å². The molecule has 0 aliphatic heterocycles. The molecule has 0 spiro atoms. The SMILES string of the molecule is C=CC[NH+]=C=S. The molecule has 0 rings (SSSR count). The van der Waals surface area contributed by atoms with Gasteiger partial charge in [0.25, 0.3) is 0 Å². The summed E-state index contributed by atoms with van der Waals surface area (Å²) in [6.07, 6.45) is 1.72. The first-order valence-electron chi connectivity index (χ1n) is 1.62. The number of isothiocyanates is 1. The highest BCUT2D eigenvalue weighted by atomic mass is 32.1. The first-order chi connectivity index (χ1) is 2.91. The Labute approximate surface area is 42.4 Å². The van der Waals surface area contributed by atoms with E-state index in [0.717, 1.165) is 0 Å². The average molecular weight is 100 g/mol. The van der Waals surface area contributed by atoms with Crippen LogP contribution in [0.5, 0.6) is 0 Å². The topological polar surface area (TPSA) is 14.0 Å². The Morgan fingerprint density at radius 1 is 2.00 bits per heavy atom. The highest BCUT2D eigenvalue weighted by molar-refractivity contribution is 7.78. The Hall–Kier alpha value is -0.460. The van der Waals surface area contributed by atoms with E-state index in [9.17, 15) is 0 Å². The second kappa shape index (κ2) is 4.54. The largest absolute Gasteiger partial charge is 0.247 e. The van der Waals surface area contributed by atoms with E-state index in [1.165, 1.54) is 0 Å². The summed E-state index contributed by atoms with van der Waals surface area (Å²) in [7, 11) is 0. The van der Waals surface area contributed by atoms with Crippen LogP contribution in [0.2, 0.25) is 0 Å². The molecule has 2 heteroatoms. The van der Waals surface area contributed by atoms with Gasteiger partial charge in [0.1, 0.15) is 0 Å². The number of rotatable bonds is 2. The third kappa shape index (κ3) is 3.54. The zero-order valence-electron chi connectivity index (χ0n) is 3.40. The van der Waals surface area contributed by atoms with Crippen molar-refractivity contribution in [3.63, 3.8) is 0 Å². The molecule has 0 aromatic rings. The molecule has 0 aliphatic rings. The van der Waals surface area contributed by atoms with E-state index in [1.54, 1.807) is 6.08 Å². The van der Waals surface area contributed by atoms with Gasteiger partial charge in [-0.15, -0.1) is 0 Å². The zero-order valence-corrected chi connectivity index (χ0v) is 4.22. The Bertz CT molecular complexity index is 81.5. The normalized spacial score (nSPS) is 6.00. The quantitative estimate of drug-likeness (QED) is 0.277. The molecule has 32 valence electrons. The van der Waals surface area contributed by atoms with E-state index in [-0.39, 0.29) is 0 Å². The van der Waals surface area contributed by atoms with Gasteiger partial charge in [0.15, 0.2) is 6.54 Å². The molecule has 0 fully saturated rings. The Morgan fingerprint density at radius 2 is 2.67 bits per heavy atom. The van der Waals surface area contributed by atoms with Crippen molar-refractivity contribution in [3.8, 4) is 0 Å². The molecule has 0 aromatic heterocycles. The van der Waals surface area contributed by atoms with Gasteiger partial charge in [0, 0.05) is 12.2 Å². The molecule has 0 bridgehead atoms. The summed E-state index contributed by atoms with van der Waals surface area (Å²) in [5.41, 5.74) is 0. The minimum Gasteiger partial charge on any atom is -0.188 e.